The van der Waals surface area contributed by atoms with Crippen LogP contribution < -0.4 is 10.1 Å². The third kappa shape index (κ3) is 4.84. The Morgan fingerprint density at radius 2 is 1.83 bits per heavy atom. The number of nitrogens with one attached hydrogen (secondary N) is 1. The molecule has 0 atom stereocenters. The van der Waals surface area contributed by atoms with Gasteiger partial charge in [-0.15, -0.1) is 0 Å². The van der Waals surface area contributed by atoms with Gasteiger partial charge < -0.3 is 15.2 Å². The number of carbonyl (C=O) groups excluding carboxylic acids is 1. The Hall–Kier alpha value is -2.82. The molecule has 24 heavy (non-hydrogen) atoms. The van der Waals surface area contributed by atoms with Gasteiger partial charge in [0, 0.05) is 5.69 Å². The number of anilines is 1. The van der Waals surface area contributed by atoms with Gasteiger partial charge in [-0.25, -0.2) is 4.79 Å². The van der Waals surface area contributed by atoms with Gasteiger partial charge in [0.2, 0.25) is 5.91 Å². The molecule has 0 bridgehead atoms. The minimum atomic E-state index is -0.980. The molecule has 2 N–H and O–H groups in total. The second-order valence-electron chi connectivity index (χ2n) is 5.55. The molecule has 0 saturated carbocycles. The van der Waals surface area contributed by atoms with E-state index in [1.807, 2.05) is 32.0 Å². The number of carboxylic acids is 1. The third-order valence-electron chi connectivity index (χ3n) is 3.51. The van der Waals surface area contributed by atoms with E-state index in [4.69, 9.17) is 9.84 Å². The van der Waals surface area contributed by atoms with E-state index in [2.05, 4.69) is 5.32 Å². The van der Waals surface area contributed by atoms with Crippen molar-refractivity contribution in [2.75, 3.05) is 11.9 Å². The second kappa shape index (κ2) is 8.15. The fraction of sp³-hybridized carbons (Fsp3) is 0.263. The lowest BCUT2D eigenvalue weighted by molar-refractivity contribution is -0.115. The molecule has 0 unspecified atom stereocenters. The molecule has 0 radical (unpaired) electrons. The summed E-state index contributed by atoms with van der Waals surface area (Å²) in [5.41, 5.74) is 2.64. The average molecular weight is 327 g/mol. The van der Waals surface area contributed by atoms with E-state index in [1.165, 1.54) is 12.1 Å². The highest BCUT2D eigenvalue weighted by Gasteiger charge is 2.08. The first-order chi connectivity index (χ1) is 11.5. The molecule has 0 heterocycles. The lowest BCUT2D eigenvalue weighted by Gasteiger charge is -2.11. The van der Waals surface area contributed by atoms with E-state index in [9.17, 15) is 9.59 Å². The topological polar surface area (TPSA) is 75.6 Å². The number of hydrogen-bond donors (Lipinski definition) is 2. The van der Waals surface area contributed by atoms with Crippen LogP contribution in [-0.4, -0.2) is 23.6 Å². The van der Waals surface area contributed by atoms with E-state index in [0.29, 0.717) is 6.61 Å². The van der Waals surface area contributed by atoms with Crippen LogP contribution in [0.2, 0.25) is 0 Å². The Bertz CT molecular complexity index is 723. The minimum absolute atomic E-state index is 0.150. The van der Waals surface area contributed by atoms with Crippen LogP contribution in [0, 0.1) is 6.92 Å². The predicted octanol–water partition coefficient (Wildman–Crippen LogP) is 3.66. The molecule has 0 saturated heterocycles. The smallest absolute Gasteiger partial charge is 0.335 e. The van der Waals surface area contributed by atoms with Crippen molar-refractivity contribution < 1.29 is 19.4 Å². The lowest BCUT2D eigenvalue weighted by atomic mass is 10.1. The molecule has 2 aromatic rings. The van der Waals surface area contributed by atoms with E-state index in [-0.39, 0.29) is 17.9 Å². The van der Waals surface area contributed by atoms with Crippen LogP contribution in [0.1, 0.15) is 34.8 Å². The van der Waals surface area contributed by atoms with Crippen molar-refractivity contribution in [3.63, 3.8) is 0 Å². The summed E-state index contributed by atoms with van der Waals surface area (Å²) in [6.45, 7) is 4.62. The molecule has 2 aromatic carbocycles. The molecule has 0 aliphatic heterocycles. The highest BCUT2D eigenvalue weighted by molar-refractivity contribution is 5.93. The summed E-state index contributed by atoms with van der Waals surface area (Å²) in [7, 11) is 0. The normalized spacial score (nSPS) is 10.2. The average Bonchev–Trinajstić information content (AvgIpc) is 2.55. The Labute approximate surface area is 141 Å². The summed E-state index contributed by atoms with van der Waals surface area (Å²) in [6.07, 6.45) is 1.13. The van der Waals surface area contributed by atoms with Crippen molar-refractivity contribution in [1.29, 1.82) is 0 Å². The quantitative estimate of drug-likeness (QED) is 0.813. The standard InChI is InChI=1S/C19H21NO4/c1-3-10-24-16-8-9-17(13(2)11-16)20-18(21)12-14-4-6-15(7-5-14)19(22)23/h4-9,11H,3,10,12H2,1-2H3,(H,20,21)(H,22,23). The van der Waals surface area contributed by atoms with Gasteiger partial charge in [-0.2, -0.15) is 0 Å². The molecule has 5 nitrogen and oxygen atoms in total. The van der Waals surface area contributed by atoms with E-state index >= 15 is 0 Å². The first kappa shape index (κ1) is 17.5. The van der Waals surface area contributed by atoms with Crippen molar-refractivity contribution in [1.82, 2.24) is 0 Å². The molecule has 0 aliphatic rings. The zero-order valence-corrected chi connectivity index (χ0v) is 13.8. The second-order valence-corrected chi connectivity index (χ2v) is 5.55. The molecule has 1 amide bonds. The maximum atomic E-state index is 12.2. The van der Waals surface area contributed by atoms with Crippen molar-refractivity contribution >= 4 is 17.6 Å². The number of carbonyl (C=O) groups is 2. The molecular weight excluding hydrogens is 306 g/mol. The van der Waals surface area contributed by atoms with Crippen LogP contribution in [0.15, 0.2) is 42.5 Å². The van der Waals surface area contributed by atoms with Gasteiger partial charge in [-0.3, -0.25) is 4.79 Å². The molecule has 0 aromatic heterocycles. The largest absolute Gasteiger partial charge is 0.494 e. The zero-order valence-electron chi connectivity index (χ0n) is 13.8. The fourth-order valence-electron chi connectivity index (χ4n) is 2.23. The van der Waals surface area contributed by atoms with E-state index in [0.717, 1.165) is 29.0 Å². The van der Waals surface area contributed by atoms with Crippen LogP contribution in [0.4, 0.5) is 5.69 Å². The molecule has 0 spiro atoms. The zero-order chi connectivity index (χ0) is 17.5. The van der Waals surface area contributed by atoms with Crippen molar-refractivity contribution in [3.05, 3.63) is 59.2 Å². The SMILES string of the molecule is CCCOc1ccc(NC(=O)Cc2ccc(C(=O)O)cc2)c(C)c1. The number of amides is 1. The van der Waals surface area contributed by atoms with Crippen molar-refractivity contribution in [2.45, 2.75) is 26.7 Å². The maximum Gasteiger partial charge on any atom is 0.335 e. The maximum absolute atomic E-state index is 12.2. The highest BCUT2D eigenvalue weighted by atomic mass is 16.5. The summed E-state index contributed by atoms with van der Waals surface area (Å²) >= 11 is 0. The van der Waals surface area contributed by atoms with Crippen LogP contribution in [-0.2, 0) is 11.2 Å². The van der Waals surface area contributed by atoms with Crippen molar-refractivity contribution in [3.8, 4) is 5.75 Å². The molecule has 0 fully saturated rings. The fourth-order valence-corrected chi connectivity index (χ4v) is 2.23. The summed E-state index contributed by atoms with van der Waals surface area (Å²) in [5, 5.41) is 11.7. The van der Waals surface area contributed by atoms with Gasteiger partial charge in [0.05, 0.1) is 18.6 Å². The van der Waals surface area contributed by atoms with Gasteiger partial charge in [-0.05, 0) is 54.8 Å². The number of benzene rings is 2. The number of aromatic carboxylic acids is 1. The van der Waals surface area contributed by atoms with E-state index < -0.39 is 5.97 Å². The van der Waals surface area contributed by atoms with Gasteiger partial charge in [-0.1, -0.05) is 19.1 Å². The number of rotatable bonds is 7. The number of aryl methyl sites for hydroxylation is 1. The van der Waals surface area contributed by atoms with Gasteiger partial charge >= 0.3 is 5.97 Å². The van der Waals surface area contributed by atoms with Crippen LogP contribution in [0.5, 0.6) is 5.75 Å². The van der Waals surface area contributed by atoms with E-state index in [1.54, 1.807) is 12.1 Å². The first-order valence-electron chi connectivity index (χ1n) is 7.85. The number of ether oxygens (including phenoxy) is 1. The Morgan fingerprint density at radius 1 is 1.12 bits per heavy atom. The summed E-state index contributed by atoms with van der Waals surface area (Å²) < 4.78 is 5.56. The lowest BCUT2D eigenvalue weighted by Crippen LogP contribution is -2.15. The molecular formula is C19H21NO4. The van der Waals surface area contributed by atoms with Crippen molar-refractivity contribution in [2.24, 2.45) is 0 Å². The van der Waals surface area contributed by atoms with Gasteiger partial charge in [0.1, 0.15) is 5.75 Å². The third-order valence-corrected chi connectivity index (χ3v) is 3.51. The molecule has 2 rings (SSSR count). The minimum Gasteiger partial charge on any atom is -0.494 e. The Morgan fingerprint density at radius 3 is 2.42 bits per heavy atom. The molecule has 0 aliphatic carbocycles. The summed E-state index contributed by atoms with van der Waals surface area (Å²) in [5.74, 6) is -0.341. The number of carboxylic acid groups (broad SMARTS) is 1. The highest BCUT2D eigenvalue weighted by Crippen LogP contribution is 2.21. The predicted molar refractivity (Wildman–Crippen MR) is 92.7 cm³/mol. The summed E-state index contributed by atoms with van der Waals surface area (Å²) in [4.78, 5) is 23.0. The van der Waals surface area contributed by atoms with Crippen LogP contribution >= 0.6 is 0 Å². The van der Waals surface area contributed by atoms with Crippen LogP contribution in [0.25, 0.3) is 0 Å². The Balaban J connectivity index is 1.97. The molecule has 5 heteroatoms. The number of hydrogen-bond acceptors (Lipinski definition) is 3. The monoisotopic (exact) mass is 327 g/mol. The Kier molecular flexibility index (Phi) is 5.95. The van der Waals surface area contributed by atoms with Crippen LogP contribution in [0.3, 0.4) is 0 Å². The summed E-state index contributed by atoms with van der Waals surface area (Å²) in [6, 6.07) is 11.8. The first-order valence-corrected chi connectivity index (χ1v) is 7.85. The molecule has 126 valence electrons. The van der Waals surface area contributed by atoms with Gasteiger partial charge in [0.15, 0.2) is 0 Å². The van der Waals surface area contributed by atoms with Gasteiger partial charge in [0.25, 0.3) is 0 Å².